The van der Waals surface area contributed by atoms with Crippen molar-refractivity contribution in [3.63, 3.8) is 0 Å². The van der Waals surface area contributed by atoms with E-state index in [0.29, 0.717) is 0 Å². The van der Waals surface area contributed by atoms with Crippen molar-refractivity contribution in [3.8, 4) is 28.4 Å². The van der Waals surface area contributed by atoms with Crippen LogP contribution in [0.5, 0.6) is 17.2 Å². The van der Waals surface area contributed by atoms with Gasteiger partial charge < -0.3 is 19.5 Å². The number of nitrogens with one attached hydrogen (secondary N) is 1. The summed E-state index contributed by atoms with van der Waals surface area (Å²) >= 11 is 0. The Labute approximate surface area is 118 Å². The van der Waals surface area contributed by atoms with E-state index in [9.17, 15) is 0 Å². The maximum absolute atomic E-state index is 5.62. The van der Waals surface area contributed by atoms with Gasteiger partial charge in [-0.1, -0.05) is 18.2 Å². The molecule has 1 aliphatic rings. The third-order valence-corrected chi connectivity index (χ3v) is 3.31. The van der Waals surface area contributed by atoms with Gasteiger partial charge in [0.05, 0.1) is 7.11 Å². The number of methoxy groups -OCH3 is 1. The van der Waals surface area contributed by atoms with Gasteiger partial charge in [-0.15, -0.1) is 0 Å². The maximum Gasteiger partial charge on any atom is 0.231 e. The van der Waals surface area contributed by atoms with Crippen LogP contribution in [0.2, 0.25) is 0 Å². The smallest absolute Gasteiger partial charge is 0.231 e. The van der Waals surface area contributed by atoms with Gasteiger partial charge in [-0.2, -0.15) is 0 Å². The molecule has 0 aliphatic carbocycles. The Hall–Kier alpha value is -2.20. The third kappa shape index (κ3) is 2.18. The molecule has 0 amide bonds. The molecule has 1 N–H and O–H groups in total. The number of benzene rings is 2. The van der Waals surface area contributed by atoms with E-state index < -0.39 is 0 Å². The molecule has 0 radical (unpaired) electrons. The summed E-state index contributed by atoms with van der Waals surface area (Å²) in [5.74, 6) is 2.40. The van der Waals surface area contributed by atoms with E-state index >= 15 is 0 Å². The van der Waals surface area contributed by atoms with E-state index in [1.807, 2.05) is 37.4 Å². The zero-order valence-corrected chi connectivity index (χ0v) is 11.6. The van der Waals surface area contributed by atoms with Crippen LogP contribution in [0.15, 0.2) is 36.4 Å². The van der Waals surface area contributed by atoms with Gasteiger partial charge in [0.25, 0.3) is 0 Å². The molecule has 3 rings (SSSR count). The van der Waals surface area contributed by atoms with E-state index in [2.05, 4.69) is 11.4 Å². The van der Waals surface area contributed by atoms with E-state index in [4.69, 9.17) is 14.2 Å². The van der Waals surface area contributed by atoms with Crippen LogP contribution in [0.4, 0.5) is 0 Å². The van der Waals surface area contributed by atoms with E-state index in [0.717, 1.165) is 40.5 Å². The number of fused-ring (bicyclic) bond motifs is 1. The van der Waals surface area contributed by atoms with Gasteiger partial charge in [0.2, 0.25) is 6.79 Å². The molecule has 0 saturated heterocycles. The molecule has 0 aromatic heterocycles. The third-order valence-electron chi connectivity index (χ3n) is 3.31. The largest absolute Gasteiger partial charge is 0.496 e. The van der Waals surface area contributed by atoms with Gasteiger partial charge in [0.1, 0.15) is 5.75 Å². The summed E-state index contributed by atoms with van der Waals surface area (Å²) in [6.07, 6.45) is 0. The van der Waals surface area contributed by atoms with Gasteiger partial charge in [0, 0.05) is 17.7 Å². The number of hydrogen-bond acceptors (Lipinski definition) is 4. The topological polar surface area (TPSA) is 39.7 Å². The van der Waals surface area contributed by atoms with Crippen LogP contribution in [0, 0.1) is 0 Å². The first-order valence-electron chi connectivity index (χ1n) is 6.54. The summed E-state index contributed by atoms with van der Waals surface area (Å²) in [5.41, 5.74) is 3.16. The Balaban J connectivity index is 2.17. The second-order valence-electron chi connectivity index (χ2n) is 4.61. The second-order valence-corrected chi connectivity index (χ2v) is 4.61. The Morgan fingerprint density at radius 3 is 2.80 bits per heavy atom. The second kappa shape index (κ2) is 5.43. The van der Waals surface area contributed by atoms with Gasteiger partial charge in [-0.3, -0.25) is 0 Å². The number of ether oxygens (including phenoxy) is 3. The lowest BCUT2D eigenvalue weighted by Gasteiger charge is -2.12. The average molecular weight is 271 g/mol. The Morgan fingerprint density at radius 1 is 1.15 bits per heavy atom. The minimum absolute atomic E-state index is 0.264. The number of rotatable bonds is 4. The van der Waals surface area contributed by atoms with Gasteiger partial charge in [-0.05, 0) is 30.8 Å². The first kappa shape index (κ1) is 12.8. The average Bonchev–Trinajstić information content (AvgIpc) is 2.95. The molecule has 4 nitrogen and oxygen atoms in total. The zero-order chi connectivity index (χ0) is 13.9. The van der Waals surface area contributed by atoms with Crippen LogP contribution in [0.1, 0.15) is 5.56 Å². The molecule has 0 atom stereocenters. The predicted molar refractivity (Wildman–Crippen MR) is 77.3 cm³/mol. The normalized spacial score (nSPS) is 12.5. The SMILES string of the molecule is CNCc1cc2c(c(-c3ccccc3OC)c1)OCO2. The Morgan fingerprint density at radius 2 is 2.00 bits per heavy atom. The van der Waals surface area contributed by atoms with Crippen molar-refractivity contribution in [1.82, 2.24) is 5.32 Å². The molecule has 2 aromatic carbocycles. The Kier molecular flexibility index (Phi) is 3.48. The first-order valence-corrected chi connectivity index (χ1v) is 6.54. The fourth-order valence-corrected chi connectivity index (χ4v) is 2.44. The summed E-state index contributed by atoms with van der Waals surface area (Å²) in [6.45, 7) is 1.04. The van der Waals surface area contributed by atoms with Gasteiger partial charge in [0.15, 0.2) is 11.5 Å². The molecule has 1 aliphatic heterocycles. The molecule has 4 heteroatoms. The fourth-order valence-electron chi connectivity index (χ4n) is 2.44. The van der Waals surface area contributed by atoms with Crippen molar-refractivity contribution < 1.29 is 14.2 Å². The summed E-state index contributed by atoms with van der Waals surface area (Å²) < 4.78 is 16.6. The fraction of sp³-hybridized carbons (Fsp3) is 0.250. The number of hydrogen-bond donors (Lipinski definition) is 1. The highest BCUT2D eigenvalue weighted by Crippen LogP contribution is 2.45. The highest BCUT2D eigenvalue weighted by molar-refractivity contribution is 5.79. The molecule has 0 fully saturated rings. The monoisotopic (exact) mass is 271 g/mol. The Bertz CT molecular complexity index is 625. The molecule has 104 valence electrons. The molecular formula is C16H17NO3. The quantitative estimate of drug-likeness (QED) is 0.928. The molecule has 0 unspecified atom stereocenters. The molecule has 1 heterocycles. The van der Waals surface area contributed by atoms with Crippen molar-refractivity contribution >= 4 is 0 Å². The van der Waals surface area contributed by atoms with E-state index in [-0.39, 0.29) is 6.79 Å². The minimum Gasteiger partial charge on any atom is -0.496 e. The zero-order valence-electron chi connectivity index (χ0n) is 11.6. The van der Waals surface area contributed by atoms with Crippen molar-refractivity contribution in [1.29, 1.82) is 0 Å². The van der Waals surface area contributed by atoms with Gasteiger partial charge in [-0.25, -0.2) is 0 Å². The maximum atomic E-state index is 5.62. The highest BCUT2D eigenvalue weighted by Gasteiger charge is 2.21. The molecule has 0 spiro atoms. The molecule has 2 aromatic rings. The summed E-state index contributed by atoms with van der Waals surface area (Å²) in [4.78, 5) is 0. The highest BCUT2D eigenvalue weighted by atomic mass is 16.7. The van der Waals surface area contributed by atoms with Crippen LogP contribution in [-0.4, -0.2) is 21.0 Å². The summed E-state index contributed by atoms with van der Waals surface area (Å²) in [5, 5.41) is 3.15. The van der Waals surface area contributed by atoms with Crippen molar-refractivity contribution in [2.45, 2.75) is 6.54 Å². The summed E-state index contributed by atoms with van der Waals surface area (Å²) in [6, 6.07) is 12.0. The van der Waals surface area contributed by atoms with E-state index in [1.54, 1.807) is 7.11 Å². The summed E-state index contributed by atoms with van der Waals surface area (Å²) in [7, 11) is 3.60. The van der Waals surface area contributed by atoms with Crippen LogP contribution in [0.3, 0.4) is 0 Å². The van der Waals surface area contributed by atoms with Crippen LogP contribution < -0.4 is 19.5 Å². The first-order chi connectivity index (χ1) is 9.83. The van der Waals surface area contributed by atoms with Gasteiger partial charge >= 0.3 is 0 Å². The molecule has 0 bridgehead atoms. The minimum atomic E-state index is 0.264. The van der Waals surface area contributed by atoms with Crippen LogP contribution in [0.25, 0.3) is 11.1 Å². The van der Waals surface area contributed by atoms with Crippen molar-refractivity contribution in [3.05, 3.63) is 42.0 Å². The lowest BCUT2D eigenvalue weighted by Crippen LogP contribution is -2.05. The van der Waals surface area contributed by atoms with E-state index in [1.165, 1.54) is 0 Å². The predicted octanol–water partition coefficient (Wildman–Crippen LogP) is 2.81. The molecule has 0 saturated carbocycles. The van der Waals surface area contributed by atoms with Crippen LogP contribution >= 0.6 is 0 Å². The number of para-hydroxylation sites is 1. The van der Waals surface area contributed by atoms with Crippen LogP contribution in [-0.2, 0) is 6.54 Å². The van der Waals surface area contributed by atoms with Crippen molar-refractivity contribution in [2.75, 3.05) is 21.0 Å². The molecular weight excluding hydrogens is 254 g/mol. The lowest BCUT2D eigenvalue weighted by molar-refractivity contribution is 0.174. The standard InChI is InChI=1S/C16H17NO3/c1-17-9-11-7-13(16-15(8-11)19-10-20-16)12-5-3-4-6-14(12)18-2/h3-8,17H,9-10H2,1-2H3. The molecule has 20 heavy (non-hydrogen) atoms. The lowest BCUT2D eigenvalue weighted by atomic mass is 10.00. The van der Waals surface area contributed by atoms with Crippen molar-refractivity contribution in [2.24, 2.45) is 0 Å².